The Labute approximate surface area is 219 Å². The van der Waals surface area contributed by atoms with Gasteiger partial charge in [-0.1, -0.05) is 67.8 Å². The standard InChI is InChI=1S/C29H37N5O3/c35-26(30-20-23-10-4-1-5-11-23)21-33-22-34(25-14-8-3-9-15-25)29(27(33)36)16-18-32(19-17-29)28(37)31-24-12-6-2-7-13-24/h1,3-5,8-11,14-15,24H,2,6-7,12-13,16-22H2,(H,30,35)(H,31,37). The van der Waals surface area contributed by atoms with Crippen LogP contribution in [0, 0.1) is 0 Å². The van der Waals surface area contributed by atoms with Crippen LogP contribution in [0.3, 0.4) is 0 Å². The molecular formula is C29H37N5O3. The van der Waals surface area contributed by atoms with E-state index in [4.69, 9.17) is 0 Å². The predicted molar refractivity (Wildman–Crippen MR) is 143 cm³/mol. The number of nitrogens with one attached hydrogen (secondary N) is 2. The number of hydrogen-bond donors (Lipinski definition) is 2. The van der Waals surface area contributed by atoms with E-state index in [1.807, 2.05) is 65.6 Å². The molecule has 3 fully saturated rings. The number of anilines is 1. The molecule has 2 aliphatic heterocycles. The molecule has 0 unspecified atom stereocenters. The van der Waals surface area contributed by atoms with Gasteiger partial charge in [0.1, 0.15) is 12.1 Å². The van der Waals surface area contributed by atoms with Gasteiger partial charge < -0.3 is 25.3 Å². The summed E-state index contributed by atoms with van der Waals surface area (Å²) >= 11 is 0. The quantitative estimate of drug-likeness (QED) is 0.632. The van der Waals surface area contributed by atoms with Crippen molar-refractivity contribution in [3.63, 3.8) is 0 Å². The van der Waals surface area contributed by atoms with Gasteiger partial charge in [0.15, 0.2) is 0 Å². The van der Waals surface area contributed by atoms with E-state index in [1.54, 1.807) is 4.90 Å². The van der Waals surface area contributed by atoms with Crippen LogP contribution in [0.25, 0.3) is 0 Å². The summed E-state index contributed by atoms with van der Waals surface area (Å²) in [7, 11) is 0. The topological polar surface area (TPSA) is 85.0 Å². The van der Waals surface area contributed by atoms with Crippen LogP contribution in [-0.4, -0.2) is 65.5 Å². The molecule has 0 bridgehead atoms. The lowest BCUT2D eigenvalue weighted by molar-refractivity contribution is -0.137. The molecule has 1 aliphatic carbocycles. The summed E-state index contributed by atoms with van der Waals surface area (Å²) in [6.07, 6.45) is 6.77. The van der Waals surface area contributed by atoms with Crippen LogP contribution >= 0.6 is 0 Å². The van der Waals surface area contributed by atoms with E-state index in [0.29, 0.717) is 39.1 Å². The Morgan fingerprint density at radius 3 is 2.22 bits per heavy atom. The number of rotatable bonds is 6. The molecule has 0 atom stereocenters. The Hall–Kier alpha value is -3.55. The summed E-state index contributed by atoms with van der Waals surface area (Å²) in [5.41, 5.74) is 1.23. The predicted octanol–water partition coefficient (Wildman–Crippen LogP) is 3.49. The van der Waals surface area contributed by atoms with Gasteiger partial charge in [0.2, 0.25) is 5.91 Å². The fraction of sp³-hybridized carbons (Fsp3) is 0.483. The van der Waals surface area contributed by atoms with Gasteiger partial charge in [-0.15, -0.1) is 0 Å². The maximum Gasteiger partial charge on any atom is 0.317 e. The third-order valence-electron chi connectivity index (χ3n) is 8.06. The van der Waals surface area contributed by atoms with Gasteiger partial charge >= 0.3 is 6.03 Å². The van der Waals surface area contributed by atoms with Crippen LogP contribution in [0.1, 0.15) is 50.5 Å². The van der Waals surface area contributed by atoms with Crippen molar-refractivity contribution in [2.24, 2.45) is 0 Å². The highest BCUT2D eigenvalue weighted by Crippen LogP contribution is 2.39. The molecule has 4 amide bonds. The fourth-order valence-corrected chi connectivity index (χ4v) is 5.94. The van der Waals surface area contributed by atoms with Gasteiger partial charge in [-0.3, -0.25) is 9.59 Å². The fourth-order valence-electron chi connectivity index (χ4n) is 5.94. The van der Waals surface area contributed by atoms with Crippen LogP contribution in [-0.2, 0) is 16.1 Å². The molecule has 2 saturated heterocycles. The number of nitrogens with zero attached hydrogens (tertiary/aromatic N) is 3. The molecule has 2 aromatic carbocycles. The van der Waals surface area contributed by atoms with E-state index in [0.717, 1.165) is 24.1 Å². The highest BCUT2D eigenvalue weighted by atomic mass is 16.2. The van der Waals surface area contributed by atoms with Crippen LogP contribution in [0.15, 0.2) is 60.7 Å². The number of piperidine rings is 1. The number of amides is 4. The lowest BCUT2D eigenvalue weighted by Crippen LogP contribution is -2.59. The minimum absolute atomic E-state index is 0.0165. The van der Waals surface area contributed by atoms with Crippen molar-refractivity contribution in [1.29, 1.82) is 0 Å². The van der Waals surface area contributed by atoms with Crippen molar-refractivity contribution >= 4 is 23.5 Å². The van der Waals surface area contributed by atoms with Crippen LogP contribution in [0.2, 0.25) is 0 Å². The van der Waals surface area contributed by atoms with Crippen molar-refractivity contribution in [3.8, 4) is 0 Å². The van der Waals surface area contributed by atoms with Gasteiger partial charge in [-0.25, -0.2) is 4.79 Å². The number of para-hydroxylation sites is 1. The molecule has 8 nitrogen and oxygen atoms in total. The van der Waals surface area contributed by atoms with E-state index in [-0.39, 0.29) is 30.4 Å². The van der Waals surface area contributed by atoms with Crippen molar-refractivity contribution in [3.05, 3.63) is 66.2 Å². The largest absolute Gasteiger partial charge is 0.350 e. The van der Waals surface area contributed by atoms with Gasteiger partial charge in [-0.2, -0.15) is 0 Å². The summed E-state index contributed by atoms with van der Waals surface area (Å²) in [4.78, 5) is 45.2. The van der Waals surface area contributed by atoms with E-state index < -0.39 is 5.54 Å². The molecule has 0 radical (unpaired) electrons. The molecular weight excluding hydrogens is 466 g/mol. The Bertz CT molecular complexity index is 1080. The zero-order valence-corrected chi connectivity index (χ0v) is 21.4. The summed E-state index contributed by atoms with van der Waals surface area (Å²) in [6, 6.07) is 19.9. The lowest BCUT2D eigenvalue weighted by atomic mass is 9.85. The molecule has 5 rings (SSSR count). The maximum absolute atomic E-state index is 13.9. The van der Waals surface area contributed by atoms with Crippen molar-refractivity contribution < 1.29 is 14.4 Å². The lowest BCUT2D eigenvalue weighted by Gasteiger charge is -2.43. The van der Waals surface area contributed by atoms with E-state index in [1.165, 1.54) is 19.3 Å². The zero-order chi connectivity index (χ0) is 25.7. The smallest absolute Gasteiger partial charge is 0.317 e. The van der Waals surface area contributed by atoms with Crippen LogP contribution < -0.4 is 15.5 Å². The molecule has 2 aromatic rings. The maximum atomic E-state index is 13.9. The second kappa shape index (κ2) is 11.2. The average molecular weight is 504 g/mol. The Kier molecular flexibility index (Phi) is 7.63. The van der Waals surface area contributed by atoms with Crippen molar-refractivity contribution in [2.45, 2.75) is 63.1 Å². The number of carbonyl (C=O) groups is 3. The summed E-state index contributed by atoms with van der Waals surface area (Å²) in [6.45, 7) is 1.84. The SMILES string of the molecule is O=C(CN1CN(c2ccccc2)C2(CCN(C(=O)NC3CCCCC3)CC2)C1=O)NCc1ccccc1. The number of likely N-dealkylation sites (tertiary alicyclic amines) is 1. The third-order valence-corrected chi connectivity index (χ3v) is 8.06. The molecule has 3 aliphatic rings. The normalized spacial score (nSPS) is 19.8. The van der Waals surface area contributed by atoms with Gasteiger partial charge in [0, 0.05) is 31.4 Å². The van der Waals surface area contributed by atoms with E-state index >= 15 is 0 Å². The van der Waals surface area contributed by atoms with Crippen LogP contribution in [0.5, 0.6) is 0 Å². The minimum atomic E-state index is -0.747. The summed E-state index contributed by atoms with van der Waals surface area (Å²) in [5, 5.41) is 6.15. The highest BCUT2D eigenvalue weighted by Gasteiger charge is 2.54. The van der Waals surface area contributed by atoms with Gasteiger partial charge in [0.25, 0.3) is 5.91 Å². The van der Waals surface area contributed by atoms with Gasteiger partial charge in [-0.05, 0) is 43.4 Å². The Morgan fingerprint density at radius 1 is 0.892 bits per heavy atom. The second-order valence-electron chi connectivity index (χ2n) is 10.5. The first kappa shape index (κ1) is 25.1. The summed E-state index contributed by atoms with van der Waals surface area (Å²) in [5.74, 6) is -0.204. The molecule has 2 N–H and O–H groups in total. The molecule has 0 aromatic heterocycles. The number of benzene rings is 2. The van der Waals surface area contributed by atoms with Crippen LogP contribution in [0.4, 0.5) is 10.5 Å². The average Bonchev–Trinajstić information content (AvgIpc) is 3.20. The molecule has 37 heavy (non-hydrogen) atoms. The van der Waals surface area contributed by atoms with Crippen molar-refractivity contribution in [2.75, 3.05) is 31.2 Å². The Morgan fingerprint density at radius 2 is 1.54 bits per heavy atom. The third kappa shape index (κ3) is 5.58. The highest BCUT2D eigenvalue weighted by molar-refractivity contribution is 5.96. The van der Waals surface area contributed by atoms with Crippen molar-refractivity contribution in [1.82, 2.24) is 20.4 Å². The summed E-state index contributed by atoms with van der Waals surface area (Å²) < 4.78 is 0. The Balaban J connectivity index is 1.25. The second-order valence-corrected chi connectivity index (χ2v) is 10.5. The van der Waals surface area contributed by atoms with E-state index in [2.05, 4.69) is 15.5 Å². The molecule has 1 spiro atoms. The number of carbonyl (C=O) groups excluding carboxylic acids is 3. The molecule has 8 heteroatoms. The van der Waals surface area contributed by atoms with Gasteiger partial charge in [0.05, 0.1) is 6.67 Å². The van der Waals surface area contributed by atoms with E-state index in [9.17, 15) is 14.4 Å². The molecule has 2 heterocycles. The first-order valence-corrected chi connectivity index (χ1v) is 13.5. The number of hydrogen-bond acceptors (Lipinski definition) is 4. The molecule has 1 saturated carbocycles. The molecule has 196 valence electrons. The zero-order valence-electron chi connectivity index (χ0n) is 21.4. The number of urea groups is 1. The monoisotopic (exact) mass is 503 g/mol. The minimum Gasteiger partial charge on any atom is -0.350 e. The first-order valence-electron chi connectivity index (χ1n) is 13.5. The first-order chi connectivity index (χ1) is 18.0.